The Morgan fingerprint density at radius 1 is 1.19 bits per heavy atom. The Labute approximate surface area is 155 Å². The summed E-state index contributed by atoms with van der Waals surface area (Å²) < 4.78 is 5.20. The molecule has 6 nitrogen and oxygen atoms in total. The summed E-state index contributed by atoms with van der Waals surface area (Å²) in [6.45, 7) is 8.38. The van der Waals surface area contributed by atoms with Crippen LogP contribution in [0.1, 0.15) is 45.6 Å². The van der Waals surface area contributed by atoms with E-state index in [2.05, 4.69) is 10.2 Å². The highest BCUT2D eigenvalue weighted by atomic mass is 16.6. The van der Waals surface area contributed by atoms with Crippen molar-refractivity contribution in [2.45, 2.75) is 51.0 Å². The summed E-state index contributed by atoms with van der Waals surface area (Å²) >= 11 is 0. The van der Waals surface area contributed by atoms with Crippen LogP contribution in [-0.4, -0.2) is 53.8 Å². The van der Waals surface area contributed by atoms with E-state index in [0.717, 1.165) is 31.6 Å². The maximum Gasteiger partial charge on any atom is 0.407 e. The summed E-state index contributed by atoms with van der Waals surface area (Å²) in [5, 5.41) is 12.6. The molecule has 144 valence electrons. The van der Waals surface area contributed by atoms with Gasteiger partial charge in [0.15, 0.2) is 0 Å². The standard InChI is InChI=1S/C20H30N2O4/c1-19(2,3)26-18(25)21-12-7-13-22-14-10-20(11-15-22,17(23)24)16-8-5-4-6-9-16/h4-6,8-9H,7,10-15H2,1-3H3,(H,21,25)(H,23,24). The lowest BCUT2D eigenvalue weighted by Crippen LogP contribution is -2.47. The number of aliphatic carboxylic acids is 1. The number of ether oxygens (including phenoxy) is 1. The van der Waals surface area contributed by atoms with Crippen molar-refractivity contribution >= 4 is 12.1 Å². The number of benzene rings is 1. The van der Waals surface area contributed by atoms with E-state index in [1.54, 1.807) is 0 Å². The van der Waals surface area contributed by atoms with Crippen LogP contribution in [-0.2, 0) is 14.9 Å². The van der Waals surface area contributed by atoms with E-state index < -0.39 is 23.1 Å². The second-order valence-electron chi connectivity index (χ2n) is 7.88. The number of hydrogen-bond acceptors (Lipinski definition) is 4. The lowest BCUT2D eigenvalue weighted by Gasteiger charge is -2.39. The third kappa shape index (κ3) is 5.46. The molecule has 0 radical (unpaired) electrons. The summed E-state index contributed by atoms with van der Waals surface area (Å²) in [6.07, 6.45) is 1.62. The van der Waals surface area contributed by atoms with Crippen LogP contribution in [0.4, 0.5) is 4.79 Å². The number of piperidine rings is 1. The summed E-state index contributed by atoms with van der Waals surface area (Å²) in [4.78, 5) is 25.8. The molecule has 26 heavy (non-hydrogen) atoms. The molecule has 1 aliphatic heterocycles. The van der Waals surface area contributed by atoms with Gasteiger partial charge in [0, 0.05) is 6.54 Å². The highest BCUT2D eigenvalue weighted by molar-refractivity contribution is 5.81. The van der Waals surface area contributed by atoms with Gasteiger partial charge in [-0.15, -0.1) is 0 Å². The van der Waals surface area contributed by atoms with E-state index in [0.29, 0.717) is 19.4 Å². The molecular weight excluding hydrogens is 332 g/mol. The molecule has 2 rings (SSSR count). The van der Waals surface area contributed by atoms with Crippen molar-refractivity contribution in [1.29, 1.82) is 0 Å². The fraction of sp³-hybridized carbons (Fsp3) is 0.600. The smallest absolute Gasteiger partial charge is 0.407 e. The number of carboxylic acids is 1. The third-order valence-electron chi connectivity index (χ3n) is 4.76. The zero-order valence-electron chi connectivity index (χ0n) is 16.0. The van der Waals surface area contributed by atoms with Crippen LogP contribution in [0.5, 0.6) is 0 Å². The SMILES string of the molecule is CC(C)(C)OC(=O)NCCCN1CCC(C(=O)O)(c2ccccc2)CC1. The van der Waals surface area contributed by atoms with Crippen LogP contribution in [0.3, 0.4) is 0 Å². The predicted octanol–water partition coefficient (Wildman–Crippen LogP) is 3.02. The van der Waals surface area contributed by atoms with Gasteiger partial charge in [0.05, 0.1) is 5.41 Å². The number of amides is 1. The van der Waals surface area contributed by atoms with Crippen molar-refractivity contribution in [2.24, 2.45) is 0 Å². The Kier molecular flexibility index (Phi) is 6.64. The molecular formula is C20H30N2O4. The third-order valence-corrected chi connectivity index (χ3v) is 4.76. The van der Waals surface area contributed by atoms with Crippen molar-refractivity contribution in [3.05, 3.63) is 35.9 Å². The maximum absolute atomic E-state index is 12.0. The average Bonchev–Trinajstić information content (AvgIpc) is 2.58. The van der Waals surface area contributed by atoms with Crippen LogP contribution >= 0.6 is 0 Å². The molecule has 0 aliphatic carbocycles. The molecule has 1 amide bonds. The van der Waals surface area contributed by atoms with Crippen LogP contribution < -0.4 is 5.32 Å². The van der Waals surface area contributed by atoms with E-state index in [-0.39, 0.29) is 0 Å². The second-order valence-corrected chi connectivity index (χ2v) is 7.88. The van der Waals surface area contributed by atoms with Crippen LogP contribution in [0.2, 0.25) is 0 Å². The Hall–Kier alpha value is -2.08. The van der Waals surface area contributed by atoms with Crippen LogP contribution in [0.25, 0.3) is 0 Å². The number of carboxylic acid groups (broad SMARTS) is 1. The van der Waals surface area contributed by atoms with E-state index in [9.17, 15) is 14.7 Å². The Bertz CT molecular complexity index is 602. The Morgan fingerprint density at radius 2 is 1.81 bits per heavy atom. The predicted molar refractivity (Wildman–Crippen MR) is 100 cm³/mol. The molecule has 0 aromatic heterocycles. The summed E-state index contributed by atoms with van der Waals surface area (Å²) in [6, 6.07) is 9.53. The molecule has 1 aromatic carbocycles. The van der Waals surface area contributed by atoms with Gasteiger partial charge in [-0.05, 0) is 65.2 Å². The first kappa shape index (κ1) is 20.2. The van der Waals surface area contributed by atoms with Gasteiger partial charge in [0.1, 0.15) is 5.60 Å². The molecule has 1 fully saturated rings. The molecule has 1 aliphatic rings. The van der Waals surface area contributed by atoms with Gasteiger partial charge in [-0.3, -0.25) is 4.79 Å². The van der Waals surface area contributed by atoms with Crippen molar-refractivity contribution in [3.8, 4) is 0 Å². The van der Waals surface area contributed by atoms with Crippen LogP contribution in [0.15, 0.2) is 30.3 Å². The number of hydrogen-bond donors (Lipinski definition) is 2. The summed E-state index contributed by atoms with van der Waals surface area (Å²) in [5.74, 6) is -0.741. The molecule has 0 unspecified atom stereocenters. The van der Waals surface area contributed by atoms with Crippen molar-refractivity contribution in [3.63, 3.8) is 0 Å². The van der Waals surface area contributed by atoms with Gasteiger partial charge in [0.25, 0.3) is 0 Å². The number of nitrogens with one attached hydrogen (secondary N) is 1. The zero-order chi connectivity index (χ0) is 19.2. The highest BCUT2D eigenvalue weighted by Crippen LogP contribution is 2.35. The summed E-state index contributed by atoms with van der Waals surface area (Å²) in [5.41, 5.74) is -0.389. The zero-order valence-corrected chi connectivity index (χ0v) is 16.0. The van der Waals surface area contributed by atoms with Crippen molar-refractivity contribution in [2.75, 3.05) is 26.2 Å². The molecule has 0 spiro atoms. The number of likely N-dealkylation sites (tertiary alicyclic amines) is 1. The first-order valence-electron chi connectivity index (χ1n) is 9.21. The fourth-order valence-electron chi connectivity index (χ4n) is 3.35. The molecule has 1 aromatic rings. The van der Waals surface area contributed by atoms with Gasteiger partial charge in [-0.2, -0.15) is 0 Å². The van der Waals surface area contributed by atoms with Crippen molar-refractivity contribution in [1.82, 2.24) is 10.2 Å². The summed E-state index contributed by atoms with van der Waals surface area (Å²) in [7, 11) is 0. The van der Waals surface area contributed by atoms with E-state index in [4.69, 9.17) is 4.74 Å². The largest absolute Gasteiger partial charge is 0.481 e. The average molecular weight is 362 g/mol. The first-order valence-corrected chi connectivity index (χ1v) is 9.21. The maximum atomic E-state index is 12.0. The number of rotatable bonds is 6. The van der Waals surface area contributed by atoms with Crippen LogP contribution in [0, 0.1) is 0 Å². The van der Waals surface area contributed by atoms with Crippen molar-refractivity contribution < 1.29 is 19.4 Å². The lowest BCUT2D eigenvalue weighted by atomic mass is 9.73. The molecule has 2 N–H and O–H groups in total. The molecule has 6 heteroatoms. The second kappa shape index (κ2) is 8.54. The van der Waals surface area contributed by atoms with E-state index in [1.807, 2.05) is 51.1 Å². The fourth-order valence-corrected chi connectivity index (χ4v) is 3.35. The van der Waals surface area contributed by atoms with E-state index >= 15 is 0 Å². The van der Waals surface area contributed by atoms with Gasteiger partial charge >= 0.3 is 12.1 Å². The van der Waals surface area contributed by atoms with Gasteiger partial charge in [-0.25, -0.2) is 4.79 Å². The van der Waals surface area contributed by atoms with Gasteiger partial charge in [-0.1, -0.05) is 30.3 Å². The quantitative estimate of drug-likeness (QED) is 0.761. The monoisotopic (exact) mass is 362 g/mol. The molecule has 1 saturated heterocycles. The minimum atomic E-state index is -0.785. The Balaban J connectivity index is 1.77. The number of nitrogens with zero attached hydrogens (tertiary/aromatic N) is 1. The van der Waals surface area contributed by atoms with Gasteiger partial charge < -0.3 is 20.1 Å². The molecule has 0 atom stereocenters. The first-order chi connectivity index (χ1) is 12.2. The topological polar surface area (TPSA) is 78.9 Å². The molecule has 0 saturated carbocycles. The lowest BCUT2D eigenvalue weighted by molar-refractivity contribution is -0.146. The number of carbonyl (C=O) groups excluding carboxylic acids is 1. The minimum absolute atomic E-state index is 0.398. The molecule has 1 heterocycles. The minimum Gasteiger partial charge on any atom is -0.481 e. The van der Waals surface area contributed by atoms with E-state index in [1.165, 1.54) is 0 Å². The molecule has 0 bridgehead atoms. The highest BCUT2D eigenvalue weighted by Gasteiger charge is 2.42. The normalized spacial score (nSPS) is 17.5. The van der Waals surface area contributed by atoms with Gasteiger partial charge in [0.2, 0.25) is 0 Å². The Morgan fingerprint density at radius 3 is 2.35 bits per heavy atom. The number of carbonyl (C=O) groups is 2. The number of alkyl carbamates (subject to hydrolysis) is 1.